The quantitative estimate of drug-likeness (QED) is 0.534. The molecule has 0 aliphatic carbocycles. The van der Waals surface area contributed by atoms with E-state index in [0.717, 1.165) is 5.56 Å². The van der Waals surface area contributed by atoms with Gasteiger partial charge in [-0.1, -0.05) is 30.3 Å². The van der Waals surface area contributed by atoms with Crippen molar-refractivity contribution < 1.29 is 19.7 Å². The number of ether oxygens (including phenoxy) is 2. The molecule has 5 heteroatoms. The number of benzene rings is 1. The van der Waals surface area contributed by atoms with Gasteiger partial charge in [0.1, 0.15) is 0 Å². The van der Waals surface area contributed by atoms with E-state index in [2.05, 4.69) is 5.32 Å². The van der Waals surface area contributed by atoms with Crippen LogP contribution in [0.3, 0.4) is 0 Å². The molecule has 1 aromatic rings. The molecule has 3 N–H and O–H groups in total. The third kappa shape index (κ3) is 7.25. The smallest absolute Gasteiger partial charge is 0.0914 e. The standard InChI is InChI=1S/C14H23NO4/c1-18-7-8-19-11-13(16)9-15-10-14(17)12-5-3-2-4-6-12/h2-6,13-17H,7-11H2,1H3. The van der Waals surface area contributed by atoms with E-state index in [0.29, 0.717) is 26.3 Å². The van der Waals surface area contributed by atoms with Crippen molar-refractivity contribution in [3.8, 4) is 0 Å². The molecule has 0 spiro atoms. The van der Waals surface area contributed by atoms with Gasteiger partial charge >= 0.3 is 0 Å². The first-order valence-corrected chi connectivity index (χ1v) is 6.42. The molecular formula is C14H23NO4. The van der Waals surface area contributed by atoms with Crippen molar-refractivity contribution in [1.29, 1.82) is 0 Å². The summed E-state index contributed by atoms with van der Waals surface area (Å²) in [5, 5.41) is 22.5. The Labute approximate surface area is 114 Å². The number of hydrogen-bond acceptors (Lipinski definition) is 5. The average molecular weight is 269 g/mol. The van der Waals surface area contributed by atoms with Crippen molar-refractivity contribution in [2.45, 2.75) is 12.2 Å². The Morgan fingerprint density at radius 3 is 2.53 bits per heavy atom. The first kappa shape index (κ1) is 16.1. The lowest BCUT2D eigenvalue weighted by Crippen LogP contribution is -2.33. The van der Waals surface area contributed by atoms with Crippen molar-refractivity contribution >= 4 is 0 Å². The van der Waals surface area contributed by atoms with E-state index in [1.807, 2.05) is 30.3 Å². The molecule has 1 rings (SSSR count). The second-order valence-corrected chi connectivity index (χ2v) is 4.31. The molecule has 19 heavy (non-hydrogen) atoms. The molecule has 0 aliphatic heterocycles. The molecule has 0 saturated heterocycles. The van der Waals surface area contributed by atoms with Gasteiger partial charge in [-0.25, -0.2) is 0 Å². The Morgan fingerprint density at radius 1 is 1.11 bits per heavy atom. The van der Waals surface area contributed by atoms with E-state index in [1.165, 1.54) is 0 Å². The van der Waals surface area contributed by atoms with Crippen molar-refractivity contribution in [1.82, 2.24) is 5.32 Å². The van der Waals surface area contributed by atoms with Crippen molar-refractivity contribution in [2.24, 2.45) is 0 Å². The molecule has 0 aromatic heterocycles. The van der Waals surface area contributed by atoms with Gasteiger partial charge in [0, 0.05) is 20.2 Å². The van der Waals surface area contributed by atoms with E-state index in [1.54, 1.807) is 7.11 Å². The third-order valence-electron chi connectivity index (χ3n) is 2.64. The molecule has 108 valence electrons. The monoisotopic (exact) mass is 269 g/mol. The minimum Gasteiger partial charge on any atom is -0.389 e. The van der Waals surface area contributed by atoms with Gasteiger partial charge in [-0.3, -0.25) is 0 Å². The predicted molar refractivity (Wildman–Crippen MR) is 73.0 cm³/mol. The molecule has 0 fully saturated rings. The lowest BCUT2D eigenvalue weighted by Gasteiger charge is -2.15. The number of aliphatic hydroxyl groups excluding tert-OH is 2. The topological polar surface area (TPSA) is 71.0 Å². The minimum absolute atomic E-state index is 0.262. The maximum absolute atomic E-state index is 9.89. The van der Waals surface area contributed by atoms with Gasteiger partial charge in [-0.15, -0.1) is 0 Å². The number of aliphatic hydroxyl groups is 2. The van der Waals surface area contributed by atoms with Crippen LogP contribution in [0.5, 0.6) is 0 Å². The Morgan fingerprint density at radius 2 is 1.84 bits per heavy atom. The van der Waals surface area contributed by atoms with E-state index >= 15 is 0 Å². The summed E-state index contributed by atoms with van der Waals surface area (Å²) in [5.41, 5.74) is 0.862. The van der Waals surface area contributed by atoms with Crippen molar-refractivity contribution in [3.63, 3.8) is 0 Å². The SMILES string of the molecule is COCCOCC(O)CNCC(O)c1ccccc1. The molecule has 2 atom stereocenters. The highest BCUT2D eigenvalue weighted by Crippen LogP contribution is 2.10. The lowest BCUT2D eigenvalue weighted by atomic mass is 10.1. The molecule has 0 bridgehead atoms. The van der Waals surface area contributed by atoms with Crippen LogP contribution in [0.15, 0.2) is 30.3 Å². The maximum Gasteiger partial charge on any atom is 0.0914 e. The van der Waals surface area contributed by atoms with Gasteiger partial charge in [-0.05, 0) is 5.56 Å². The first-order valence-electron chi connectivity index (χ1n) is 6.42. The maximum atomic E-state index is 9.89. The van der Waals surface area contributed by atoms with E-state index < -0.39 is 12.2 Å². The van der Waals surface area contributed by atoms with Crippen LogP contribution < -0.4 is 5.32 Å². The van der Waals surface area contributed by atoms with Gasteiger partial charge in [-0.2, -0.15) is 0 Å². The largest absolute Gasteiger partial charge is 0.389 e. The highest BCUT2D eigenvalue weighted by molar-refractivity contribution is 5.17. The van der Waals surface area contributed by atoms with Crippen LogP contribution in [0.25, 0.3) is 0 Å². The fraction of sp³-hybridized carbons (Fsp3) is 0.571. The molecule has 0 heterocycles. The summed E-state index contributed by atoms with van der Waals surface area (Å²) < 4.78 is 10.0. The van der Waals surface area contributed by atoms with E-state index in [-0.39, 0.29) is 6.61 Å². The first-order chi connectivity index (χ1) is 9.24. The molecule has 1 aromatic carbocycles. The summed E-state index contributed by atoms with van der Waals surface area (Å²) in [6.07, 6.45) is -1.15. The van der Waals surface area contributed by atoms with Crippen LogP contribution in [0.2, 0.25) is 0 Å². The van der Waals surface area contributed by atoms with Gasteiger partial charge < -0.3 is 25.0 Å². The normalized spacial score (nSPS) is 14.3. The molecular weight excluding hydrogens is 246 g/mol. The van der Waals surface area contributed by atoms with Gasteiger partial charge in [0.15, 0.2) is 0 Å². The van der Waals surface area contributed by atoms with Gasteiger partial charge in [0.2, 0.25) is 0 Å². The molecule has 0 aliphatic rings. The summed E-state index contributed by atoms with van der Waals surface area (Å²) in [4.78, 5) is 0. The second-order valence-electron chi connectivity index (χ2n) is 4.31. The molecule has 5 nitrogen and oxygen atoms in total. The fourth-order valence-electron chi connectivity index (χ4n) is 1.60. The molecule has 0 saturated carbocycles. The summed E-state index contributed by atoms with van der Waals surface area (Å²) in [6.45, 7) is 2.04. The van der Waals surface area contributed by atoms with Crippen LogP contribution in [-0.4, -0.2) is 56.3 Å². The zero-order chi connectivity index (χ0) is 13.9. The minimum atomic E-state index is -0.583. The van der Waals surface area contributed by atoms with Gasteiger partial charge in [0.25, 0.3) is 0 Å². The number of methoxy groups -OCH3 is 1. The second kappa shape index (κ2) is 9.89. The highest BCUT2D eigenvalue weighted by Gasteiger charge is 2.08. The lowest BCUT2D eigenvalue weighted by molar-refractivity contribution is 0.0128. The Bertz CT molecular complexity index is 320. The van der Waals surface area contributed by atoms with Gasteiger partial charge in [0.05, 0.1) is 32.0 Å². The van der Waals surface area contributed by atoms with Crippen LogP contribution in [0.4, 0.5) is 0 Å². The highest BCUT2D eigenvalue weighted by atomic mass is 16.5. The molecule has 0 radical (unpaired) electrons. The average Bonchev–Trinajstić information content (AvgIpc) is 2.44. The number of nitrogens with one attached hydrogen (secondary N) is 1. The summed E-state index contributed by atoms with van der Waals surface area (Å²) in [5.74, 6) is 0. The Kier molecular flexibility index (Phi) is 8.36. The van der Waals surface area contributed by atoms with Crippen LogP contribution >= 0.6 is 0 Å². The summed E-state index contributed by atoms with van der Waals surface area (Å²) in [7, 11) is 1.60. The summed E-state index contributed by atoms with van der Waals surface area (Å²) in [6, 6.07) is 9.42. The van der Waals surface area contributed by atoms with Crippen LogP contribution in [0, 0.1) is 0 Å². The Hall–Kier alpha value is -0.980. The fourth-order valence-corrected chi connectivity index (χ4v) is 1.60. The third-order valence-corrected chi connectivity index (χ3v) is 2.64. The van der Waals surface area contributed by atoms with Crippen molar-refractivity contribution in [3.05, 3.63) is 35.9 Å². The zero-order valence-corrected chi connectivity index (χ0v) is 11.3. The Balaban J connectivity index is 2.09. The number of rotatable bonds is 10. The van der Waals surface area contributed by atoms with E-state index in [9.17, 15) is 10.2 Å². The van der Waals surface area contributed by atoms with Crippen LogP contribution in [0.1, 0.15) is 11.7 Å². The summed E-state index contributed by atoms with van der Waals surface area (Å²) >= 11 is 0. The predicted octanol–water partition coefficient (Wildman–Crippen LogP) is 0.334. The van der Waals surface area contributed by atoms with Crippen LogP contribution in [-0.2, 0) is 9.47 Å². The van der Waals surface area contributed by atoms with E-state index in [4.69, 9.17) is 9.47 Å². The molecule has 0 amide bonds. The van der Waals surface area contributed by atoms with Crippen molar-refractivity contribution in [2.75, 3.05) is 40.0 Å². The number of hydrogen-bond donors (Lipinski definition) is 3. The zero-order valence-electron chi connectivity index (χ0n) is 11.3. The molecule has 2 unspecified atom stereocenters.